The van der Waals surface area contributed by atoms with Gasteiger partial charge in [-0.1, -0.05) is 43.5 Å². The van der Waals surface area contributed by atoms with E-state index in [1.165, 1.54) is 0 Å². The first kappa shape index (κ1) is 12.1. The van der Waals surface area contributed by atoms with Gasteiger partial charge in [-0.05, 0) is 17.7 Å². The fourth-order valence-electron chi connectivity index (χ4n) is 2.02. The maximum atomic E-state index is 11.0. The summed E-state index contributed by atoms with van der Waals surface area (Å²) in [7, 11) is 0. The molecule has 2 rings (SSSR count). The molecule has 1 heterocycles. The predicted molar refractivity (Wildman–Crippen MR) is 75.8 cm³/mol. The van der Waals surface area contributed by atoms with Crippen LogP contribution in [0.25, 0.3) is 10.9 Å². The van der Waals surface area contributed by atoms with E-state index < -0.39 is 0 Å². The minimum atomic E-state index is 0.721. The maximum Gasteiger partial charge on any atom is 0.150 e. The Labute approximate surface area is 107 Å². The highest BCUT2D eigenvalue weighted by atomic mass is 16.1. The van der Waals surface area contributed by atoms with Crippen LogP contribution in [-0.4, -0.2) is 10.9 Å². The van der Waals surface area contributed by atoms with E-state index >= 15 is 0 Å². The standard InChI is InChI=1S/C16H15NO/c1-3-6-13(4-2)11-17-10-9-15-14(12-18)7-5-8-16(15)17/h3-10,12H,1-2,11H2/b13-6+. The third kappa shape index (κ3) is 2.18. The SMILES string of the molecule is C=C/C=C(\C=C)Cn1ccc2c(C=O)cccc21. The van der Waals surface area contributed by atoms with Crippen LogP contribution in [0.3, 0.4) is 0 Å². The van der Waals surface area contributed by atoms with E-state index in [2.05, 4.69) is 17.7 Å². The first-order chi connectivity index (χ1) is 8.80. The lowest BCUT2D eigenvalue weighted by Crippen LogP contribution is -1.97. The van der Waals surface area contributed by atoms with Crippen LogP contribution in [0.1, 0.15) is 10.4 Å². The van der Waals surface area contributed by atoms with Crippen LogP contribution in [0.5, 0.6) is 0 Å². The van der Waals surface area contributed by atoms with Gasteiger partial charge in [-0.2, -0.15) is 0 Å². The van der Waals surface area contributed by atoms with Gasteiger partial charge in [-0.3, -0.25) is 4.79 Å². The molecule has 1 aromatic heterocycles. The van der Waals surface area contributed by atoms with E-state index in [1.54, 1.807) is 6.08 Å². The highest BCUT2D eigenvalue weighted by molar-refractivity contribution is 5.97. The summed E-state index contributed by atoms with van der Waals surface area (Å²) >= 11 is 0. The van der Waals surface area contributed by atoms with Crippen molar-refractivity contribution in [1.29, 1.82) is 0 Å². The van der Waals surface area contributed by atoms with E-state index in [0.717, 1.165) is 34.9 Å². The summed E-state index contributed by atoms with van der Waals surface area (Å²) in [6.45, 7) is 8.20. The van der Waals surface area contributed by atoms with Gasteiger partial charge in [0, 0.05) is 29.2 Å². The normalized spacial score (nSPS) is 11.4. The molecule has 1 aromatic carbocycles. The van der Waals surface area contributed by atoms with Gasteiger partial charge in [0.15, 0.2) is 6.29 Å². The molecule has 0 aliphatic carbocycles. The lowest BCUT2D eigenvalue weighted by molar-refractivity contribution is 0.112. The summed E-state index contributed by atoms with van der Waals surface area (Å²) in [5.74, 6) is 0. The minimum absolute atomic E-state index is 0.721. The monoisotopic (exact) mass is 237 g/mol. The average molecular weight is 237 g/mol. The second kappa shape index (κ2) is 5.32. The van der Waals surface area contributed by atoms with Crippen LogP contribution < -0.4 is 0 Å². The average Bonchev–Trinajstić information content (AvgIpc) is 2.81. The molecule has 0 saturated carbocycles. The predicted octanol–water partition coefficient (Wildman–Crippen LogP) is 3.75. The molecular formula is C16H15NO. The topological polar surface area (TPSA) is 22.0 Å². The van der Waals surface area contributed by atoms with Crippen molar-refractivity contribution < 1.29 is 4.79 Å². The summed E-state index contributed by atoms with van der Waals surface area (Å²) in [4.78, 5) is 11.0. The number of aldehydes is 1. The zero-order valence-electron chi connectivity index (χ0n) is 10.2. The quantitative estimate of drug-likeness (QED) is 0.573. The zero-order chi connectivity index (χ0) is 13.0. The third-order valence-electron chi connectivity index (χ3n) is 2.92. The summed E-state index contributed by atoms with van der Waals surface area (Å²) < 4.78 is 2.10. The number of nitrogens with zero attached hydrogens (tertiary/aromatic N) is 1. The van der Waals surface area contributed by atoms with Crippen molar-refractivity contribution in [2.24, 2.45) is 0 Å². The van der Waals surface area contributed by atoms with Crippen molar-refractivity contribution in [1.82, 2.24) is 4.57 Å². The van der Waals surface area contributed by atoms with Crippen molar-refractivity contribution in [3.8, 4) is 0 Å². The number of allylic oxidation sites excluding steroid dienone is 4. The molecule has 0 atom stereocenters. The molecule has 0 fully saturated rings. The number of fused-ring (bicyclic) bond motifs is 1. The molecule has 0 unspecified atom stereocenters. The van der Waals surface area contributed by atoms with E-state index in [-0.39, 0.29) is 0 Å². The molecule has 2 heteroatoms. The molecule has 0 amide bonds. The van der Waals surface area contributed by atoms with Crippen LogP contribution in [0.2, 0.25) is 0 Å². The van der Waals surface area contributed by atoms with E-state index in [0.29, 0.717) is 0 Å². The smallest absolute Gasteiger partial charge is 0.150 e. The lowest BCUT2D eigenvalue weighted by Gasteiger charge is -2.06. The summed E-state index contributed by atoms with van der Waals surface area (Å²) in [5, 5.41) is 0.981. The molecule has 18 heavy (non-hydrogen) atoms. The Morgan fingerprint density at radius 3 is 2.78 bits per heavy atom. The number of hydrogen-bond acceptors (Lipinski definition) is 1. The second-order valence-corrected chi connectivity index (χ2v) is 4.02. The Balaban J connectivity index is 2.47. The van der Waals surface area contributed by atoms with E-state index in [4.69, 9.17) is 0 Å². The number of aromatic nitrogens is 1. The van der Waals surface area contributed by atoms with Gasteiger partial charge in [0.2, 0.25) is 0 Å². The van der Waals surface area contributed by atoms with Crippen molar-refractivity contribution in [2.75, 3.05) is 0 Å². The lowest BCUT2D eigenvalue weighted by atomic mass is 10.1. The van der Waals surface area contributed by atoms with Gasteiger partial charge in [-0.25, -0.2) is 0 Å². The second-order valence-electron chi connectivity index (χ2n) is 4.02. The summed E-state index contributed by atoms with van der Waals surface area (Å²) in [5.41, 5.74) is 2.86. The molecule has 0 aliphatic heterocycles. The molecule has 2 aromatic rings. The van der Waals surface area contributed by atoms with Crippen molar-refractivity contribution in [3.05, 3.63) is 73.0 Å². The largest absolute Gasteiger partial charge is 0.343 e. The molecule has 0 spiro atoms. The molecule has 0 bridgehead atoms. The molecule has 2 nitrogen and oxygen atoms in total. The molecule has 0 saturated heterocycles. The van der Waals surface area contributed by atoms with E-state index in [1.807, 2.05) is 42.6 Å². The van der Waals surface area contributed by atoms with Gasteiger partial charge in [-0.15, -0.1) is 0 Å². The van der Waals surface area contributed by atoms with Gasteiger partial charge in [0.1, 0.15) is 0 Å². The van der Waals surface area contributed by atoms with Crippen LogP contribution in [0.15, 0.2) is 67.4 Å². The highest BCUT2D eigenvalue weighted by Crippen LogP contribution is 2.20. The fourth-order valence-corrected chi connectivity index (χ4v) is 2.02. The van der Waals surface area contributed by atoms with Crippen LogP contribution in [0.4, 0.5) is 0 Å². The van der Waals surface area contributed by atoms with Gasteiger partial charge in [0.25, 0.3) is 0 Å². The van der Waals surface area contributed by atoms with Crippen LogP contribution >= 0.6 is 0 Å². The summed E-state index contributed by atoms with van der Waals surface area (Å²) in [6.07, 6.45) is 8.37. The van der Waals surface area contributed by atoms with Crippen molar-refractivity contribution in [3.63, 3.8) is 0 Å². The Morgan fingerprint density at radius 2 is 2.11 bits per heavy atom. The zero-order valence-corrected chi connectivity index (χ0v) is 10.2. The van der Waals surface area contributed by atoms with E-state index in [9.17, 15) is 4.79 Å². The number of benzene rings is 1. The summed E-state index contributed by atoms with van der Waals surface area (Å²) in [6, 6.07) is 7.70. The molecular weight excluding hydrogens is 222 g/mol. The molecule has 0 N–H and O–H groups in total. The number of rotatable bonds is 5. The molecule has 0 aliphatic rings. The third-order valence-corrected chi connectivity index (χ3v) is 2.92. The number of carbonyl (C=O) groups is 1. The van der Waals surface area contributed by atoms with Crippen LogP contribution in [0, 0.1) is 0 Å². The Kier molecular flexibility index (Phi) is 3.58. The maximum absolute atomic E-state index is 11.0. The van der Waals surface area contributed by atoms with Gasteiger partial charge >= 0.3 is 0 Å². The highest BCUT2D eigenvalue weighted by Gasteiger charge is 2.05. The first-order valence-corrected chi connectivity index (χ1v) is 5.77. The Morgan fingerprint density at radius 1 is 1.28 bits per heavy atom. The van der Waals surface area contributed by atoms with Gasteiger partial charge < -0.3 is 4.57 Å². The Bertz CT molecular complexity index is 632. The van der Waals surface area contributed by atoms with Gasteiger partial charge in [0.05, 0.1) is 0 Å². The molecule has 90 valence electrons. The fraction of sp³-hybridized carbons (Fsp3) is 0.0625. The van der Waals surface area contributed by atoms with Crippen LogP contribution in [-0.2, 0) is 6.54 Å². The Hall–Kier alpha value is -2.35. The van der Waals surface area contributed by atoms with Crippen molar-refractivity contribution in [2.45, 2.75) is 6.54 Å². The molecule has 0 radical (unpaired) electrons. The number of carbonyl (C=O) groups excluding carboxylic acids is 1. The first-order valence-electron chi connectivity index (χ1n) is 5.77. The van der Waals surface area contributed by atoms with Crippen molar-refractivity contribution >= 4 is 17.2 Å². The minimum Gasteiger partial charge on any atom is -0.343 e. The number of hydrogen-bond donors (Lipinski definition) is 0.